The number of phenols is 1. The van der Waals surface area contributed by atoms with E-state index in [-0.39, 0.29) is 23.3 Å². The van der Waals surface area contributed by atoms with Gasteiger partial charge in [-0.2, -0.15) is 0 Å². The van der Waals surface area contributed by atoms with E-state index < -0.39 is 0 Å². The zero-order chi connectivity index (χ0) is 15.6. The van der Waals surface area contributed by atoms with Gasteiger partial charge in [-0.25, -0.2) is 0 Å². The molecule has 21 heavy (non-hydrogen) atoms. The second-order valence-electron chi connectivity index (χ2n) is 4.93. The molecule has 2 aromatic carbocycles. The Labute approximate surface area is 128 Å². The third-order valence-electron chi connectivity index (χ3n) is 3.47. The second kappa shape index (κ2) is 6.06. The number of carbonyl (C=O) groups excluding carboxylic acids is 1. The van der Waals surface area contributed by atoms with Gasteiger partial charge in [0, 0.05) is 12.7 Å². The lowest BCUT2D eigenvalue weighted by atomic mass is 10.1. The Morgan fingerprint density at radius 1 is 1.29 bits per heavy atom. The van der Waals surface area contributed by atoms with Crippen molar-refractivity contribution < 1.29 is 9.90 Å². The second-order valence-corrected chi connectivity index (χ2v) is 5.33. The molecular formula is C16H17ClN2O2. The van der Waals surface area contributed by atoms with Gasteiger partial charge in [-0.1, -0.05) is 23.7 Å². The average Bonchev–Trinajstić information content (AvgIpc) is 2.47. The Balaban J connectivity index is 2.28. The molecule has 1 amide bonds. The topological polar surface area (TPSA) is 66.6 Å². The number of nitrogens with two attached hydrogens (primary N) is 1. The third kappa shape index (κ3) is 3.28. The lowest BCUT2D eigenvalue weighted by Crippen LogP contribution is -2.29. The first kappa shape index (κ1) is 15.2. The molecule has 3 N–H and O–H groups in total. The number of anilines is 1. The standard InChI is InChI=1S/C16H17ClN2O2/c1-10(11-4-3-5-12(18)8-11)19(2)16(21)14-9-13(20)6-7-15(14)17/h3-10,20H,18H2,1-2H3. The molecule has 5 heteroatoms. The van der Waals surface area contributed by atoms with Crippen LogP contribution in [0, 0.1) is 0 Å². The molecule has 0 saturated heterocycles. The van der Waals surface area contributed by atoms with Crippen LogP contribution < -0.4 is 5.73 Å². The Kier molecular flexibility index (Phi) is 4.38. The Morgan fingerprint density at radius 3 is 2.67 bits per heavy atom. The van der Waals surface area contributed by atoms with E-state index in [1.54, 1.807) is 18.0 Å². The van der Waals surface area contributed by atoms with E-state index in [9.17, 15) is 9.90 Å². The molecular weight excluding hydrogens is 288 g/mol. The Hall–Kier alpha value is -2.20. The largest absolute Gasteiger partial charge is 0.508 e. The number of benzene rings is 2. The summed E-state index contributed by atoms with van der Waals surface area (Å²) in [5, 5.41) is 9.82. The van der Waals surface area contributed by atoms with Crippen LogP contribution in [0.5, 0.6) is 5.75 Å². The molecule has 4 nitrogen and oxygen atoms in total. The van der Waals surface area contributed by atoms with Crippen molar-refractivity contribution in [3.8, 4) is 5.75 Å². The lowest BCUT2D eigenvalue weighted by Gasteiger charge is -2.26. The minimum Gasteiger partial charge on any atom is -0.508 e. The van der Waals surface area contributed by atoms with Crippen molar-refractivity contribution in [3.63, 3.8) is 0 Å². The van der Waals surface area contributed by atoms with Crippen LogP contribution in [-0.4, -0.2) is 23.0 Å². The van der Waals surface area contributed by atoms with Crippen molar-refractivity contribution >= 4 is 23.2 Å². The predicted octanol–water partition coefficient (Wildman–Crippen LogP) is 3.46. The van der Waals surface area contributed by atoms with Crippen molar-refractivity contribution in [2.75, 3.05) is 12.8 Å². The maximum Gasteiger partial charge on any atom is 0.255 e. The van der Waals surface area contributed by atoms with Crippen LogP contribution in [0.15, 0.2) is 42.5 Å². The molecule has 0 spiro atoms. The number of hydrogen-bond acceptors (Lipinski definition) is 3. The summed E-state index contributed by atoms with van der Waals surface area (Å²) >= 11 is 6.03. The van der Waals surface area contributed by atoms with E-state index in [0.29, 0.717) is 10.7 Å². The number of amides is 1. The van der Waals surface area contributed by atoms with Crippen molar-refractivity contribution in [2.45, 2.75) is 13.0 Å². The van der Waals surface area contributed by atoms with Crippen molar-refractivity contribution in [1.29, 1.82) is 0 Å². The first-order chi connectivity index (χ1) is 9.90. The van der Waals surface area contributed by atoms with Crippen LogP contribution in [0.25, 0.3) is 0 Å². The molecule has 0 heterocycles. The summed E-state index contributed by atoms with van der Waals surface area (Å²) in [6, 6.07) is 11.5. The van der Waals surface area contributed by atoms with Crippen molar-refractivity contribution in [3.05, 3.63) is 58.6 Å². The smallest absolute Gasteiger partial charge is 0.255 e. The van der Waals surface area contributed by atoms with Gasteiger partial charge in [0.25, 0.3) is 5.91 Å². The van der Waals surface area contributed by atoms with Gasteiger partial charge in [0.1, 0.15) is 5.75 Å². The highest BCUT2D eigenvalue weighted by Gasteiger charge is 2.21. The van der Waals surface area contributed by atoms with E-state index in [0.717, 1.165) is 5.56 Å². The fourth-order valence-electron chi connectivity index (χ4n) is 2.09. The SMILES string of the molecule is CC(c1cccc(N)c1)N(C)C(=O)c1cc(O)ccc1Cl. The van der Waals surface area contributed by atoms with Gasteiger partial charge in [0.05, 0.1) is 16.6 Å². The Morgan fingerprint density at radius 2 is 2.00 bits per heavy atom. The van der Waals surface area contributed by atoms with Gasteiger partial charge in [0.15, 0.2) is 0 Å². The van der Waals surface area contributed by atoms with Crippen LogP contribution in [0.3, 0.4) is 0 Å². The summed E-state index contributed by atoms with van der Waals surface area (Å²) < 4.78 is 0. The lowest BCUT2D eigenvalue weighted by molar-refractivity contribution is 0.0742. The molecule has 1 unspecified atom stereocenters. The number of hydrogen-bond donors (Lipinski definition) is 2. The van der Waals surface area contributed by atoms with Gasteiger partial charge >= 0.3 is 0 Å². The molecule has 0 radical (unpaired) electrons. The number of carbonyl (C=O) groups is 1. The minimum atomic E-state index is -0.258. The average molecular weight is 305 g/mol. The molecule has 0 saturated carbocycles. The zero-order valence-corrected chi connectivity index (χ0v) is 12.6. The molecule has 2 aromatic rings. The first-order valence-electron chi connectivity index (χ1n) is 6.51. The van der Waals surface area contributed by atoms with E-state index in [4.69, 9.17) is 17.3 Å². The summed E-state index contributed by atoms with van der Waals surface area (Å²) in [5.74, 6) is -0.251. The van der Waals surface area contributed by atoms with Gasteiger partial charge in [0.2, 0.25) is 0 Å². The number of nitrogen functional groups attached to an aromatic ring is 1. The van der Waals surface area contributed by atoms with E-state index >= 15 is 0 Å². The molecule has 0 aliphatic carbocycles. The van der Waals surface area contributed by atoms with Crippen molar-refractivity contribution in [2.24, 2.45) is 0 Å². The monoisotopic (exact) mass is 304 g/mol. The molecule has 0 aromatic heterocycles. The summed E-state index contributed by atoms with van der Waals surface area (Å²) in [4.78, 5) is 14.1. The molecule has 0 aliphatic heterocycles. The van der Waals surface area contributed by atoms with Gasteiger partial charge < -0.3 is 15.7 Å². The highest BCUT2D eigenvalue weighted by atomic mass is 35.5. The minimum absolute atomic E-state index is 0.00718. The maximum absolute atomic E-state index is 12.5. The van der Waals surface area contributed by atoms with Crippen LogP contribution in [0.4, 0.5) is 5.69 Å². The van der Waals surface area contributed by atoms with Crippen LogP contribution >= 0.6 is 11.6 Å². The van der Waals surface area contributed by atoms with E-state index in [2.05, 4.69) is 0 Å². The molecule has 0 fully saturated rings. The summed E-state index contributed by atoms with van der Waals surface area (Å²) in [6.45, 7) is 1.91. The molecule has 2 rings (SSSR count). The fraction of sp³-hybridized carbons (Fsp3) is 0.188. The van der Waals surface area contributed by atoms with Crippen LogP contribution in [0.2, 0.25) is 5.02 Å². The number of rotatable bonds is 3. The first-order valence-corrected chi connectivity index (χ1v) is 6.89. The predicted molar refractivity (Wildman–Crippen MR) is 84.5 cm³/mol. The maximum atomic E-state index is 12.5. The normalized spacial score (nSPS) is 12.0. The number of aromatic hydroxyl groups is 1. The summed E-state index contributed by atoms with van der Waals surface area (Å²) in [5.41, 5.74) is 7.62. The molecule has 1 atom stereocenters. The summed E-state index contributed by atoms with van der Waals surface area (Å²) in [7, 11) is 1.69. The molecule has 0 aliphatic rings. The quantitative estimate of drug-likeness (QED) is 0.853. The molecule has 0 bridgehead atoms. The van der Waals surface area contributed by atoms with Crippen molar-refractivity contribution in [1.82, 2.24) is 4.90 Å². The Bertz CT molecular complexity index is 673. The van der Waals surface area contributed by atoms with Crippen LogP contribution in [0.1, 0.15) is 28.9 Å². The van der Waals surface area contributed by atoms with Gasteiger partial charge in [-0.05, 0) is 42.8 Å². The van der Waals surface area contributed by atoms with E-state index in [1.807, 2.05) is 25.1 Å². The summed E-state index contributed by atoms with van der Waals surface area (Å²) in [6.07, 6.45) is 0. The fourth-order valence-corrected chi connectivity index (χ4v) is 2.28. The van der Waals surface area contributed by atoms with Gasteiger partial charge in [-0.3, -0.25) is 4.79 Å². The number of nitrogens with zero attached hydrogens (tertiary/aromatic N) is 1. The van der Waals surface area contributed by atoms with Crippen LogP contribution in [-0.2, 0) is 0 Å². The number of phenolic OH excluding ortho intramolecular Hbond substituents is 1. The third-order valence-corrected chi connectivity index (χ3v) is 3.80. The number of halogens is 1. The zero-order valence-electron chi connectivity index (χ0n) is 11.9. The highest BCUT2D eigenvalue weighted by Crippen LogP contribution is 2.26. The van der Waals surface area contributed by atoms with Gasteiger partial charge in [-0.15, -0.1) is 0 Å². The highest BCUT2D eigenvalue weighted by molar-refractivity contribution is 6.33. The molecule has 110 valence electrons. The van der Waals surface area contributed by atoms with E-state index in [1.165, 1.54) is 18.2 Å².